The summed E-state index contributed by atoms with van der Waals surface area (Å²) in [6.45, 7) is 4.52. The smallest absolute Gasteiger partial charge is 0.0360 e. The van der Waals surface area contributed by atoms with Crippen molar-refractivity contribution >= 4 is 0 Å². The molecule has 1 aromatic carbocycles. The van der Waals surface area contributed by atoms with Gasteiger partial charge in [0.25, 0.3) is 0 Å². The molecule has 0 saturated carbocycles. The van der Waals surface area contributed by atoms with Crippen LogP contribution < -0.4 is 10.6 Å². The molecule has 1 heterocycles. The first kappa shape index (κ1) is 11.6. The van der Waals surface area contributed by atoms with Crippen LogP contribution in [0.15, 0.2) is 24.3 Å². The predicted molar refractivity (Wildman–Crippen MR) is 68.6 cm³/mol. The summed E-state index contributed by atoms with van der Waals surface area (Å²) in [6, 6.07) is 9.21. The Morgan fingerprint density at radius 3 is 2.81 bits per heavy atom. The standard InChI is InChI=1S/C14H22N2/c1-11-6-3-4-8-13(11)14(15-2)12-7-5-9-16-10-12/h3-4,6,8,12,14-16H,5,7,9-10H2,1-2H3. The Hall–Kier alpha value is -0.860. The van der Waals surface area contributed by atoms with Gasteiger partial charge in [0.1, 0.15) is 0 Å². The van der Waals surface area contributed by atoms with Gasteiger partial charge in [-0.05, 0) is 56.9 Å². The maximum absolute atomic E-state index is 3.50. The van der Waals surface area contributed by atoms with E-state index in [0.29, 0.717) is 6.04 Å². The van der Waals surface area contributed by atoms with Crippen LogP contribution in [0.3, 0.4) is 0 Å². The number of aryl methyl sites for hydroxylation is 1. The van der Waals surface area contributed by atoms with Crippen LogP contribution in [-0.2, 0) is 0 Å². The highest BCUT2D eigenvalue weighted by molar-refractivity contribution is 5.29. The average molecular weight is 218 g/mol. The van der Waals surface area contributed by atoms with Crippen molar-refractivity contribution in [1.82, 2.24) is 10.6 Å². The van der Waals surface area contributed by atoms with Crippen molar-refractivity contribution in [3.63, 3.8) is 0 Å². The van der Waals surface area contributed by atoms with E-state index in [1.165, 1.54) is 30.5 Å². The van der Waals surface area contributed by atoms with Crippen LogP contribution in [0.5, 0.6) is 0 Å². The molecular formula is C14H22N2. The molecule has 0 amide bonds. The zero-order chi connectivity index (χ0) is 11.4. The van der Waals surface area contributed by atoms with Gasteiger partial charge in [-0.1, -0.05) is 24.3 Å². The summed E-state index contributed by atoms with van der Waals surface area (Å²) < 4.78 is 0. The van der Waals surface area contributed by atoms with Crippen LogP contribution in [0.1, 0.15) is 30.0 Å². The summed E-state index contributed by atoms with van der Waals surface area (Å²) >= 11 is 0. The van der Waals surface area contributed by atoms with Crippen LogP contribution in [0.25, 0.3) is 0 Å². The monoisotopic (exact) mass is 218 g/mol. The summed E-state index contributed by atoms with van der Waals surface area (Å²) in [4.78, 5) is 0. The fourth-order valence-electron chi connectivity index (χ4n) is 2.74. The first-order valence-electron chi connectivity index (χ1n) is 6.26. The Kier molecular flexibility index (Phi) is 3.97. The molecule has 88 valence electrons. The molecule has 1 aromatic rings. The number of benzene rings is 1. The third kappa shape index (κ3) is 2.45. The van der Waals surface area contributed by atoms with Crippen molar-refractivity contribution in [1.29, 1.82) is 0 Å². The molecule has 2 rings (SSSR count). The largest absolute Gasteiger partial charge is 0.316 e. The molecule has 1 aliphatic rings. The van der Waals surface area contributed by atoms with Gasteiger partial charge in [-0.25, -0.2) is 0 Å². The molecule has 16 heavy (non-hydrogen) atoms. The van der Waals surface area contributed by atoms with E-state index < -0.39 is 0 Å². The zero-order valence-electron chi connectivity index (χ0n) is 10.3. The summed E-state index contributed by atoms with van der Waals surface area (Å²) in [5.74, 6) is 0.722. The van der Waals surface area contributed by atoms with Crippen LogP contribution in [-0.4, -0.2) is 20.1 Å². The van der Waals surface area contributed by atoms with E-state index in [2.05, 4.69) is 48.9 Å². The van der Waals surface area contributed by atoms with Gasteiger partial charge in [-0.15, -0.1) is 0 Å². The third-order valence-electron chi connectivity index (χ3n) is 3.64. The van der Waals surface area contributed by atoms with E-state index in [1.54, 1.807) is 0 Å². The van der Waals surface area contributed by atoms with E-state index >= 15 is 0 Å². The molecule has 2 atom stereocenters. The molecule has 2 N–H and O–H groups in total. The quantitative estimate of drug-likeness (QED) is 0.813. The van der Waals surface area contributed by atoms with Crippen molar-refractivity contribution in [2.75, 3.05) is 20.1 Å². The first-order valence-corrected chi connectivity index (χ1v) is 6.26. The molecule has 2 unspecified atom stereocenters. The molecule has 2 heteroatoms. The van der Waals surface area contributed by atoms with Crippen molar-refractivity contribution in [2.45, 2.75) is 25.8 Å². The minimum absolute atomic E-state index is 0.494. The molecule has 0 aliphatic carbocycles. The number of hydrogen-bond acceptors (Lipinski definition) is 2. The van der Waals surface area contributed by atoms with Gasteiger partial charge in [0, 0.05) is 6.04 Å². The van der Waals surface area contributed by atoms with Gasteiger partial charge in [-0.3, -0.25) is 0 Å². The van der Waals surface area contributed by atoms with Crippen molar-refractivity contribution in [3.8, 4) is 0 Å². The SMILES string of the molecule is CNC(c1ccccc1C)C1CCCNC1. The van der Waals surface area contributed by atoms with E-state index in [9.17, 15) is 0 Å². The highest BCUT2D eigenvalue weighted by Crippen LogP contribution is 2.28. The second-order valence-electron chi connectivity index (χ2n) is 4.73. The highest BCUT2D eigenvalue weighted by atomic mass is 14.9. The molecule has 0 aromatic heterocycles. The average Bonchev–Trinajstić information content (AvgIpc) is 2.34. The van der Waals surface area contributed by atoms with Crippen molar-refractivity contribution < 1.29 is 0 Å². The van der Waals surface area contributed by atoms with Crippen LogP contribution >= 0.6 is 0 Å². The lowest BCUT2D eigenvalue weighted by Gasteiger charge is -2.31. The first-order chi connectivity index (χ1) is 7.83. The topological polar surface area (TPSA) is 24.1 Å². The lowest BCUT2D eigenvalue weighted by atomic mass is 9.85. The highest BCUT2D eigenvalue weighted by Gasteiger charge is 2.24. The van der Waals surface area contributed by atoms with Crippen LogP contribution in [0.4, 0.5) is 0 Å². The zero-order valence-corrected chi connectivity index (χ0v) is 10.3. The fourth-order valence-corrected chi connectivity index (χ4v) is 2.74. The molecule has 1 fully saturated rings. The van der Waals surface area contributed by atoms with E-state index in [0.717, 1.165) is 12.5 Å². The normalized spacial score (nSPS) is 23.0. The van der Waals surface area contributed by atoms with Gasteiger partial charge in [-0.2, -0.15) is 0 Å². The summed E-state index contributed by atoms with van der Waals surface area (Å²) in [5.41, 5.74) is 2.85. The van der Waals surface area contributed by atoms with Crippen molar-refractivity contribution in [2.24, 2.45) is 5.92 Å². The number of nitrogens with one attached hydrogen (secondary N) is 2. The maximum Gasteiger partial charge on any atom is 0.0360 e. The number of hydrogen-bond donors (Lipinski definition) is 2. The molecule has 0 spiro atoms. The summed E-state index contributed by atoms with van der Waals surface area (Å²) in [6.07, 6.45) is 2.63. The van der Waals surface area contributed by atoms with Gasteiger partial charge in [0.15, 0.2) is 0 Å². The van der Waals surface area contributed by atoms with E-state index in [4.69, 9.17) is 0 Å². The maximum atomic E-state index is 3.50. The Morgan fingerprint density at radius 2 is 2.19 bits per heavy atom. The molecule has 0 radical (unpaired) electrons. The Labute approximate surface area is 98.4 Å². The van der Waals surface area contributed by atoms with Gasteiger partial charge < -0.3 is 10.6 Å². The van der Waals surface area contributed by atoms with Gasteiger partial charge >= 0.3 is 0 Å². The minimum atomic E-state index is 0.494. The molecule has 1 saturated heterocycles. The summed E-state index contributed by atoms with van der Waals surface area (Å²) in [7, 11) is 2.08. The molecular weight excluding hydrogens is 196 g/mol. The number of piperidine rings is 1. The Balaban J connectivity index is 2.18. The minimum Gasteiger partial charge on any atom is -0.316 e. The van der Waals surface area contributed by atoms with Gasteiger partial charge in [0.2, 0.25) is 0 Å². The Morgan fingerprint density at radius 1 is 1.38 bits per heavy atom. The van der Waals surface area contributed by atoms with E-state index in [1.807, 2.05) is 0 Å². The lowest BCUT2D eigenvalue weighted by molar-refractivity contribution is 0.297. The molecule has 2 nitrogen and oxygen atoms in total. The molecule has 1 aliphatic heterocycles. The van der Waals surface area contributed by atoms with Crippen LogP contribution in [0.2, 0.25) is 0 Å². The number of rotatable bonds is 3. The van der Waals surface area contributed by atoms with Gasteiger partial charge in [0.05, 0.1) is 0 Å². The van der Waals surface area contributed by atoms with Crippen molar-refractivity contribution in [3.05, 3.63) is 35.4 Å². The Bertz CT molecular complexity index is 329. The van der Waals surface area contributed by atoms with E-state index in [-0.39, 0.29) is 0 Å². The lowest BCUT2D eigenvalue weighted by Crippen LogP contribution is -2.37. The molecule has 0 bridgehead atoms. The second kappa shape index (κ2) is 5.46. The summed E-state index contributed by atoms with van der Waals surface area (Å²) in [5, 5.41) is 6.99. The second-order valence-corrected chi connectivity index (χ2v) is 4.73. The van der Waals surface area contributed by atoms with Crippen LogP contribution in [0, 0.1) is 12.8 Å². The predicted octanol–water partition coefficient (Wildman–Crippen LogP) is 2.26. The fraction of sp³-hybridized carbons (Fsp3) is 0.571. The third-order valence-corrected chi connectivity index (χ3v) is 3.64.